The predicted molar refractivity (Wildman–Crippen MR) is 84.3 cm³/mol. The number of rotatable bonds is 6. The van der Waals surface area contributed by atoms with Gasteiger partial charge in [-0.25, -0.2) is 0 Å². The van der Waals surface area contributed by atoms with Gasteiger partial charge in [0, 0.05) is 17.6 Å². The molecule has 0 atom stereocenters. The van der Waals surface area contributed by atoms with Crippen LogP contribution >= 0.6 is 0 Å². The first-order valence-electron chi connectivity index (χ1n) is 7.15. The van der Waals surface area contributed by atoms with E-state index in [4.69, 9.17) is 14.2 Å². The van der Waals surface area contributed by atoms with Crippen molar-refractivity contribution in [1.82, 2.24) is 0 Å². The van der Waals surface area contributed by atoms with E-state index in [1.54, 1.807) is 0 Å². The van der Waals surface area contributed by atoms with Crippen LogP contribution in [0.2, 0.25) is 0 Å². The van der Waals surface area contributed by atoms with Crippen molar-refractivity contribution in [3.8, 4) is 17.2 Å². The zero-order valence-corrected chi connectivity index (χ0v) is 13.9. The summed E-state index contributed by atoms with van der Waals surface area (Å²) in [4.78, 5) is 36.7. The third-order valence-electron chi connectivity index (χ3n) is 3.74. The molecule has 0 radical (unpaired) electrons. The van der Waals surface area contributed by atoms with Crippen molar-refractivity contribution in [2.24, 2.45) is 0 Å². The number of carbonyl (C=O) groups is 3. The standard InChI is InChI=1S/C17H18O7/c1-8(19)5-10-15(22-2)13-12(17(24-4)16(10)23-3)11(20)6-9(7-18)14(13)21/h6,18H,5,7H2,1-4H3. The van der Waals surface area contributed by atoms with Crippen molar-refractivity contribution >= 4 is 17.3 Å². The number of aliphatic hydroxyl groups excluding tert-OH is 1. The van der Waals surface area contributed by atoms with Crippen molar-refractivity contribution in [2.75, 3.05) is 27.9 Å². The average molecular weight is 334 g/mol. The third-order valence-corrected chi connectivity index (χ3v) is 3.74. The largest absolute Gasteiger partial charge is 0.496 e. The molecule has 0 saturated heterocycles. The van der Waals surface area contributed by atoms with Crippen LogP contribution in [0.5, 0.6) is 17.2 Å². The number of benzene rings is 1. The Kier molecular flexibility index (Phi) is 5.04. The molecule has 1 N–H and O–H groups in total. The first kappa shape index (κ1) is 17.7. The Hall–Kier alpha value is -2.67. The highest BCUT2D eigenvalue weighted by Crippen LogP contribution is 2.46. The highest BCUT2D eigenvalue weighted by atomic mass is 16.5. The molecular formula is C17H18O7. The normalized spacial score (nSPS) is 13.3. The van der Waals surface area contributed by atoms with Gasteiger partial charge in [-0.05, 0) is 13.0 Å². The van der Waals surface area contributed by atoms with Crippen LogP contribution in [0.4, 0.5) is 0 Å². The molecule has 1 aliphatic rings. The van der Waals surface area contributed by atoms with Gasteiger partial charge in [-0.1, -0.05) is 0 Å². The number of carbonyl (C=O) groups excluding carboxylic acids is 3. The van der Waals surface area contributed by atoms with Gasteiger partial charge >= 0.3 is 0 Å². The fourth-order valence-corrected chi connectivity index (χ4v) is 2.80. The highest BCUT2D eigenvalue weighted by molar-refractivity contribution is 6.27. The number of allylic oxidation sites excluding steroid dienone is 1. The van der Waals surface area contributed by atoms with Gasteiger partial charge in [0.2, 0.25) is 0 Å². The summed E-state index contributed by atoms with van der Waals surface area (Å²) < 4.78 is 15.9. The maximum absolute atomic E-state index is 12.6. The average Bonchev–Trinajstić information content (AvgIpc) is 2.55. The smallest absolute Gasteiger partial charge is 0.196 e. The number of ether oxygens (including phenoxy) is 3. The number of ketones is 3. The second-order valence-electron chi connectivity index (χ2n) is 5.23. The van der Waals surface area contributed by atoms with E-state index in [0.29, 0.717) is 5.56 Å². The monoisotopic (exact) mass is 334 g/mol. The van der Waals surface area contributed by atoms with Crippen LogP contribution in [0, 0.1) is 0 Å². The molecule has 1 aromatic rings. The van der Waals surface area contributed by atoms with Gasteiger partial charge in [-0.15, -0.1) is 0 Å². The third kappa shape index (κ3) is 2.67. The second kappa shape index (κ2) is 6.84. The lowest BCUT2D eigenvalue weighted by Crippen LogP contribution is -2.22. The van der Waals surface area contributed by atoms with E-state index in [9.17, 15) is 19.5 Å². The molecule has 128 valence electrons. The summed E-state index contributed by atoms with van der Waals surface area (Å²) in [6.45, 7) is 0.806. The number of methoxy groups -OCH3 is 3. The molecule has 7 nitrogen and oxygen atoms in total. The predicted octanol–water partition coefficient (Wildman–Crippen LogP) is 1.14. The van der Waals surface area contributed by atoms with E-state index < -0.39 is 18.2 Å². The van der Waals surface area contributed by atoms with Crippen LogP contribution in [-0.4, -0.2) is 50.4 Å². The first-order chi connectivity index (χ1) is 11.4. The molecule has 2 rings (SSSR count). The summed E-state index contributed by atoms with van der Waals surface area (Å²) in [5, 5.41) is 9.32. The maximum atomic E-state index is 12.6. The van der Waals surface area contributed by atoms with Gasteiger partial charge in [0.25, 0.3) is 0 Å². The van der Waals surface area contributed by atoms with E-state index in [1.165, 1.54) is 28.3 Å². The van der Waals surface area contributed by atoms with E-state index >= 15 is 0 Å². The minimum atomic E-state index is -0.580. The fraction of sp³-hybridized carbons (Fsp3) is 0.353. The fourth-order valence-electron chi connectivity index (χ4n) is 2.80. The molecule has 24 heavy (non-hydrogen) atoms. The van der Waals surface area contributed by atoms with Gasteiger partial charge in [0.05, 0.1) is 39.1 Å². The number of Topliss-reactive ketones (excluding diaryl/α,β-unsaturated/α-hetero) is 2. The van der Waals surface area contributed by atoms with E-state index in [1.807, 2.05) is 0 Å². The van der Waals surface area contributed by atoms with Gasteiger partial charge < -0.3 is 19.3 Å². The van der Waals surface area contributed by atoms with Gasteiger partial charge in [-0.3, -0.25) is 14.4 Å². The van der Waals surface area contributed by atoms with Crippen LogP contribution < -0.4 is 14.2 Å². The van der Waals surface area contributed by atoms with Crippen LogP contribution in [0.25, 0.3) is 0 Å². The van der Waals surface area contributed by atoms with Crippen molar-refractivity contribution in [3.63, 3.8) is 0 Å². The lowest BCUT2D eigenvalue weighted by atomic mass is 9.85. The Balaban J connectivity index is 2.94. The number of aliphatic hydroxyl groups is 1. The zero-order chi connectivity index (χ0) is 18.0. The molecule has 0 aromatic heterocycles. The van der Waals surface area contributed by atoms with Gasteiger partial charge in [0.15, 0.2) is 23.1 Å². The maximum Gasteiger partial charge on any atom is 0.196 e. The first-order valence-corrected chi connectivity index (χ1v) is 7.15. The van der Waals surface area contributed by atoms with Crippen molar-refractivity contribution in [2.45, 2.75) is 13.3 Å². The molecule has 0 bridgehead atoms. The molecule has 0 spiro atoms. The van der Waals surface area contributed by atoms with Gasteiger partial charge in [-0.2, -0.15) is 0 Å². The Morgan fingerprint density at radius 2 is 1.58 bits per heavy atom. The van der Waals surface area contributed by atoms with Crippen LogP contribution in [-0.2, 0) is 11.2 Å². The topological polar surface area (TPSA) is 99.1 Å². The zero-order valence-electron chi connectivity index (χ0n) is 13.9. The van der Waals surface area contributed by atoms with Crippen molar-refractivity contribution in [3.05, 3.63) is 28.3 Å². The Bertz CT molecular complexity index is 759. The summed E-state index contributed by atoms with van der Waals surface area (Å²) in [6, 6.07) is 0. The highest BCUT2D eigenvalue weighted by Gasteiger charge is 2.36. The van der Waals surface area contributed by atoms with Gasteiger partial charge in [0.1, 0.15) is 11.5 Å². The summed E-state index contributed by atoms with van der Waals surface area (Å²) in [6.07, 6.45) is 1.01. The Labute approximate surface area is 138 Å². The van der Waals surface area contributed by atoms with Crippen LogP contribution in [0.15, 0.2) is 11.6 Å². The van der Waals surface area contributed by atoms with Crippen molar-refractivity contribution in [1.29, 1.82) is 0 Å². The molecule has 0 unspecified atom stereocenters. The van der Waals surface area contributed by atoms with Crippen LogP contribution in [0.1, 0.15) is 33.2 Å². The molecule has 7 heteroatoms. The Morgan fingerprint density at radius 1 is 1.00 bits per heavy atom. The number of hydrogen-bond donors (Lipinski definition) is 1. The minimum Gasteiger partial charge on any atom is -0.496 e. The molecule has 1 aliphatic carbocycles. The molecule has 0 fully saturated rings. The molecule has 0 aliphatic heterocycles. The molecule has 0 saturated carbocycles. The SMILES string of the molecule is COc1c(CC(C)=O)c(OC)c2c(c1OC)C(=O)C=C(CO)C2=O. The quantitative estimate of drug-likeness (QED) is 0.833. The van der Waals surface area contributed by atoms with E-state index in [-0.39, 0.29) is 46.2 Å². The molecular weight excluding hydrogens is 316 g/mol. The van der Waals surface area contributed by atoms with E-state index in [0.717, 1.165) is 6.08 Å². The second-order valence-corrected chi connectivity index (χ2v) is 5.23. The molecule has 0 amide bonds. The minimum absolute atomic E-state index is 0.000650. The summed E-state index contributed by atoms with van der Waals surface area (Å²) in [5.41, 5.74) is 0.249. The van der Waals surface area contributed by atoms with E-state index in [2.05, 4.69) is 0 Å². The summed E-state index contributed by atoms with van der Waals surface area (Å²) in [7, 11) is 4.04. The number of fused-ring (bicyclic) bond motifs is 1. The number of hydrogen-bond acceptors (Lipinski definition) is 7. The molecule has 1 aromatic carbocycles. The van der Waals surface area contributed by atoms with Crippen LogP contribution in [0.3, 0.4) is 0 Å². The lowest BCUT2D eigenvalue weighted by molar-refractivity contribution is -0.116. The molecule has 0 heterocycles. The summed E-state index contributed by atoms with van der Waals surface area (Å²) in [5.74, 6) is -0.913. The Morgan fingerprint density at radius 3 is 2.04 bits per heavy atom. The van der Waals surface area contributed by atoms with Crippen molar-refractivity contribution < 1.29 is 33.7 Å². The lowest BCUT2D eigenvalue weighted by Gasteiger charge is -2.24. The summed E-state index contributed by atoms with van der Waals surface area (Å²) >= 11 is 0.